The Hall–Kier alpha value is -2.49. The van der Waals surface area contributed by atoms with Crippen LogP contribution >= 0.6 is 0 Å². The zero-order valence-electron chi connectivity index (χ0n) is 20.9. The second kappa shape index (κ2) is 12.2. The summed E-state index contributed by atoms with van der Waals surface area (Å²) >= 11 is 0. The van der Waals surface area contributed by atoms with Crippen molar-refractivity contribution in [3.05, 3.63) is 65.0 Å². The van der Waals surface area contributed by atoms with E-state index in [2.05, 4.69) is 15.1 Å². The number of halogens is 4. The fourth-order valence-electron chi connectivity index (χ4n) is 4.54. The number of piperidine rings is 1. The number of benzene rings is 2. The number of aliphatic hydroxyl groups is 1. The molecule has 2 aromatic rings. The van der Waals surface area contributed by atoms with Crippen molar-refractivity contribution in [2.75, 3.05) is 52.1 Å². The number of likely N-dealkylation sites (tertiary alicyclic amines) is 1. The van der Waals surface area contributed by atoms with Crippen LogP contribution in [0.4, 0.5) is 23.2 Å². The summed E-state index contributed by atoms with van der Waals surface area (Å²) in [6.45, 7) is 3.19. The van der Waals surface area contributed by atoms with E-state index in [9.17, 15) is 27.5 Å². The average Bonchev–Trinajstić information content (AvgIpc) is 2.82. The SMILES string of the molecule is CN(C)CCCNc1cc(F)ccc1C(=O)CCCN1CCC(O)(c2cccc(C(F)(F)F)c2)CC1. The number of rotatable bonds is 11. The van der Waals surface area contributed by atoms with Gasteiger partial charge in [0, 0.05) is 37.3 Å². The molecule has 3 rings (SSSR count). The van der Waals surface area contributed by atoms with Gasteiger partial charge in [-0.25, -0.2) is 4.39 Å². The van der Waals surface area contributed by atoms with Gasteiger partial charge < -0.3 is 20.2 Å². The van der Waals surface area contributed by atoms with Crippen molar-refractivity contribution in [2.24, 2.45) is 0 Å². The number of carbonyl (C=O) groups excluding carboxylic acids is 1. The highest BCUT2D eigenvalue weighted by Gasteiger charge is 2.37. The maximum atomic E-state index is 13.8. The number of nitrogens with zero attached hydrogens (tertiary/aromatic N) is 2. The zero-order valence-corrected chi connectivity index (χ0v) is 20.9. The van der Waals surface area contributed by atoms with Crippen LogP contribution < -0.4 is 5.32 Å². The zero-order chi connectivity index (χ0) is 26.3. The number of alkyl halides is 3. The van der Waals surface area contributed by atoms with Gasteiger partial charge in [-0.3, -0.25) is 4.79 Å². The Balaban J connectivity index is 1.49. The van der Waals surface area contributed by atoms with Crippen LogP contribution in [0.3, 0.4) is 0 Å². The Labute approximate surface area is 210 Å². The smallest absolute Gasteiger partial charge is 0.385 e. The summed E-state index contributed by atoms with van der Waals surface area (Å²) < 4.78 is 52.9. The van der Waals surface area contributed by atoms with Crippen LogP contribution in [0.5, 0.6) is 0 Å². The van der Waals surface area contributed by atoms with Gasteiger partial charge in [-0.1, -0.05) is 12.1 Å². The van der Waals surface area contributed by atoms with E-state index >= 15 is 0 Å². The Morgan fingerprint density at radius 3 is 2.50 bits per heavy atom. The third-order valence-corrected chi connectivity index (χ3v) is 6.67. The predicted molar refractivity (Wildman–Crippen MR) is 133 cm³/mol. The van der Waals surface area contributed by atoms with Crippen LogP contribution in [-0.4, -0.2) is 67.5 Å². The minimum atomic E-state index is -4.45. The Morgan fingerprint density at radius 1 is 1.11 bits per heavy atom. The van der Waals surface area contributed by atoms with Crippen LogP contribution in [0.1, 0.15) is 53.6 Å². The van der Waals surface area contributed by atoms with E-state index in [1.165, 1.54) is 24.3 Å². The van der Waals surface area contributed by atoms with Gasteiger partial charge in [0.25, 0.3) is 0 Å². The van der Waals surface area contributed by atoms with E-state index in [0.29, 0.717) is 63.1 Å². The molecule has 198 valence electrons. The molecule has 2 N–H and O–H groups in total. The van der Waals surface area contributed by atoms with Crippen molar-refractivity contribution in [1.29, 1.82) is 0 Å². The first-order valence-electron chi connectivity index (χ1n) is 12.3. The summed E-state index contributed by atoms with van der Waals surface area (Å²) in [5.74, 6) is -0.467. The summed E-state index contributed by atoms with van der Waals surface area (Å²) in [5, 5.41) is 14.2. The van der Waals surface area contributed by atoms with Crippen molar-refractivity contribution in [2.45, 2.75) is 43.9 Å². The molecular weight excluding hydrogens is 474 g/mol. The molecule has 1 aliphatic rings. The molecule has 0 bridgehead atoms. The molecule has 1 heterocycles. The highest BCUT2D eigenvalue weighted by Crippen LogP contribution is 2.36. The Morgan fingerprint density at radius 2 is 1.83 bits per heavy atom. The number of Topliss-reactive ketones (excluding diaryl/α,β-unsaturated/α-hetero) is 1. The molecule has 2 aromatic carbocycles. The molecule has 0 unspecified atom stereocenters. The van der Waals surface area contributed by atoms with E-state index in [-0.39, 0.29) is 11.3 Å². The highest BCUT2D eigenvalue weighted by molar-refractivity contribution is 6.01. The van der Waals surface area contributed by atoms with Crippen molar-refractivity contribution in [1.82, 2.24) is 9.80 Å². The maximum absolute atomic E-state index is 13.8. The van der Waals surface area contributed by atoms with E-state index in [1.807, 2.05) is 14.1 Å². The number of nitrogens with one attached hydrogen (secondary N) is 1. The third-order valence-electron chi connectivity index (χ3n) is 6.67. The van der Waals surface area contributed by atoms with Gasteiger partial charge in [0.1, 0.15) is 5.82 Å². The molecule has 0 radical (unpaired) electrons. The van der Waals surface area contributed by atoms with Crippen LogP contribution in [0.15, 0.2) is 42.5 Å². The van der Waals surface area contributed by atoms with E-state index < -0.39 is 23.2 Å². The molecule has 9 heteroatoms. The number of carbonyl (C=O) groups is 1. The van der Waals surface area contributed by atoms with Crippen molar-refractivity contribution in [3.8, 4) is 0 Å². The van der Waals surface area contributed by atoms with Gasteiger partial charge in [-0.15, -0.1) is 0 Å². The molecule has 0 aromatic heterocycles. The largest absolute Gasteiger partial charge is 0.416 e. The van der Waals surface area contributed by atoms with E-state index in [0.717, 1.165) is 25.1 Å². The van der Waals surface area contributed by atoms with Gasteiger partial charge >= 0.3 is 6.18 Å². The lowest BCUT2D eigenvalue weighted by molar-refractivity contribution is -0.137. The maximum Gasteiger partial charge on any atom is 0.416 e. The van der Waals surface area contributed by atoms with Gasteiger partial charge in [0.15, 0.2) is 5.78 Å². The summed E-state index contributed by atoms with van der Waals surface area (Å²) in [4.78, 5) is 17.0. The lowest BCUT2D eigenvalue weighted by Gasteiger charge is -2.38. The van der Waals surface area contributed by atoms with Crippen LogP contribution in [0.25, 0.3) is 0 Å². The van der Waals surface area contributed by atoms with Crippen LogP contribution in [-0.2, 0) is 11.8 Å². The third kappa shape index (κ3) is 7.75. The number of hydrogen-bond acceptors (Lipinski definition) is 5. The molecule has 0 aliphatic carbocycles. The number of anilines is 1. The lowest BCUT2D eigenvalue weighted by atomic mass is 9.83. The summed E-state index contributed by atoms with van der Waals surface area (Å²) in [6.07, 6.45) is -2.06. The van der Waals surface area contributed by atoms with Gasteiger partial charge in [-0.05, 0) is 88.8 Å². The molecule has 1 fully saturated rings. The van der Waals surface area contributed by atoms with E-state index in [4.69, 9.17) is 0 Å². The normalized spacial score (nSPS) is 16.3. The van der Waals surface area contributed by atoms with Gasteiger partial charge in [0.2, 0.25) is 0 Å². The fourth-order valence-corrected chi connectivity index (χ4v) is 4.54. The Bertz CT molecular complexity index is 1020. The first-order chi connectivity index (χ1) is 17.0. The Kier molecular flexibility index (Phi) is 9.49. The minimum absolute atomic E-state index is 0.0670. The number of hydrogen-bond donors (Lipinski definition) is 2. The average molecular weight is 510 g/mol. The summed E-state index contributed by atoms with van der Waals surface area (Å²) in [5.41, 5.74) is -0.799. The highest BCUT2D eigenvalue weighted by atomic mass is 19.4. The molecule has 5 nitrogen and oxygen atoms in total. The van der Waals surface area contributed by atoms with Crippen molar-refractivity contribution >= 4 is 11.5 Å². The van der Waals surface area contributed by atoms with Crippen LogP contribution in [0.2, 0.25) is 0 Å². The molecule has 1 aliphatic heterocycles. The minimum Gasteiger partial charge on any atom is -0.385 e. The lowest BCUT2D eigenvalue weighted by Crippen LogP contribution is -2.43. The van der Waals surface area contributed by atoms with Crippen LogP contribution in [0, 0.1) is 5.82 Å². The molecule has 0 spiro atoms. The molecular formula is C27H35F4N3O2. The molecule has 36 heavy (non-hydrogen) atoms. The molecule has 0 saturated carbocycles. The standard InChI is InChI=1S/C27H35F4N3O2/c1-33(2)14-5-13-32-24-19-22(28)9-10-23(24)25(35)8-4-15-34-16-11-26(36,12-17-34)20-6-3-7-21(18-20)27(29,30)31/h3,6-7,9-10,18-19,32,36H,4-5,8,11-17H2,1-2H3. The second-order valence-corrected chi connectivity index (χ2v) is 9.75. The number of ketones is 1. The first-order valence-corrected chi connectivity index (χ1v) is 12.3. The predicted octanol–water partition coefficient (Wildman–Crippen LogP) is 5.15. The molecule has 0 amide bonds. The fraction of sp³-hybridized carbons (Fsp3) is 0.519. The van der Waals surface area contributed by atoms with Crippen molar-refractivity contribution < 1.29 is 27.5 Å². The topological polar surface area (TPSA) is 55.8 Å². The quantitative estimate of drug-likeness (QED) is 0.249. The van der Waals surface area contributed by atoms with Gasteiger partial charge in [0.05, 0.1) is 11.2 Å². The van der Waals surface area contributed by atoms with Crippen molar-refractivity contribution in [3.63, 3.8) is 0 Å². The molecule has 1 saturated heterocycles. The monoisotopic (exact) mass is 509 g/mol. The molecule has 0 atom stereocenters. The first kappa shape index (κ1) is 28.1. The second-order valence-electron chi connectivity index (χ2n) is 9.75. The van der Waals surface area contributed by atoms with Gasteiger partial charge in [-0.2, -0.15) is 13.2 Å². The summed E-state index contributed by atoms with van der Waals surface area (Å²) in [6, 6.07) is 9.06. The summed E-state index contributed by atoms with van der Waals surface area (Å²) in [7, 11) is 3.96. The van der Waals surface area contributed by atoms with E-state index in [1.54, 1.807) is 6.07 Å².